The van der Waals surface area contributed by atoms with Gasteiger partial charge in [-0.3, -0.25) is 0 Å². The van der Waals surface area contributed by atoms with E-state index >= 15 is 0 Å². The normalized spacial score (nSPS) is 12.7. The molecule has 0 bridgehead atoms. The van der Waals surface area contributed by atoms with E-state index in [2.05, 4.69) is 10.2 Å². The fourth-order valence-electron chi connectivity index (χ4n) is 0.764. The molecule has 0 saturated heterocycles. The average Bonchev–Trinajstić information content (AvgIpc) is 2.26. The van der Waals surface area contributed by atoms with Crippen LogP contribution < -0.4 is 0 Å². The summed E-state index contributed by atoms with van der Waals surface area (Å²) in [5.41, 5.74) is 0.637. The van der Waals surface area contributed by atoms with Crippen LogP contribution in [0.25, 0.3) is 0 Å². The number of aliphatic carboxylic acids is 1. The number of benzene rings is 1. The standard InChI is InChI=1S/C9H6Cl2N2O2/c10-7(6-4-2-1-3-5-6)12-13-8(11)9(14)15/h1-5H,(H,14,15)/b12-7-,13-8+. The minimum atomic E-state index is -1.35. The third-order valence-corrected chi connectivity index (χ3v) is 1.95. The van der Waals surface area contributed by atoms with E-state index in [0.717, 1.165) is 0 Å². The fourth-order valence-corrected chi connectivity index (χ4v) is 0.966. The zero-order chi connectivity index (χ0) is 11.3. The molecule has 1 rings (SSSR count). The van der Waals surface area contributed by atoms with Crippen LogP contribution in [0.15, 0.2) is 40.5 Å². The molecule has 0 heterocycles. The summed E-state index contributed by atoms with van der Waals surface area (Å²) in [6.07, 6.45) is 0. The van der Waals surface area contributed by atoms with Crippen molar-refractivity contribution in [1.82, 2.24) is 0 Å². The number of hydrogen-bond acceptors (Lipinski definition) is 3. The molecule has 6 heteroatoms. The lowest BCUT2D eigenvalue weighted by Gasteiger charge is -1.94. The van der Waals surface area contributed by atoms with Crippen LogP contribution in [0, 0.1) is 0 Å². The Hall–Kier alpha value is -1.39. The summed E-state index contributed by atoms with van der Waals surface area (Å²) in [5.74, 6) is -1.35. The van der Waals surface area contributed by atoms with E-state index in [1.807, 2.05) is 6.07 Å². The molecule has 1 N–H and O–H groups in total. The highest BCUT2D eigenvalue weighted by Crippen LogP contribution is 2.05. The van der Waals surface area contributed by atoms with Crippen LogP contribution in [0.4, 0.5) is 0 Å². The van der Waals surface area contributed by atoms with Gasteiger partial charge in [0.05, 0.1) is 0 Å². The first-order chi connectivity index (χ1) is 7.11. The predicted molar refractivity (Wildman–Crippen MR) is 59.8 cm³/mol. The molecule has 0 aromatic heterocycles. The van der Waals surface area contributed by atoms with E-state index in [-0.39, 0.29) is 5.17 Å². The Kier molecular flexibility index (Phi) is 4.27. The second-order valence-electron chi connectivity index (χ2n) is 2.45. The van der Waals surface area contributed by atoms with E-state index in [1.165, 1.54) is 0 Å². The van der Waals surface area contributed by atoms with E-state index in [9.17, 15) is 4.79 Å². The molecule has 1 aromatic carbocycles. The lowest BCUT2D eigenvalue weighted by atomic mass is 10.2. The van der Waals surface area contributed by atoms with Crippen molar-refractivity contribution in [2.75, 3.05) is 0 Å². The topological polar surface area (TPSA) is 62.0 Å². The van der Waals surface area contributed by atoms with Crippen molar-refractivity contribution in [3.8, 4) is 0 Å². The van der Waals surface area contributed by atoms with Crippen molar-refractivity contribution >= 4 is 39.5 Å². The van der Waals surface area contributed by atoms with Crippen LogP contribution in [0.2, 0.25) is 0 Å². The molecule has 0 aliphatic rings. The van der Waals surface area contributed by atoms with Gasteiger partial charge >= 0.3 is 5.97 Å². The summed E-state index contributed by atoms with van der Waals surface area (Å²) in [5, 5.41) is 14.5. The lowest BCUT2D eigenvalue weighted by molar-refractivity contribution is -0.129. The number of nitrogens with zero attached hydrogens (tertiary/aromatic N) is 2. The molecule has 0 unspecified atom stereocenters. The van der Waals surface area contributed by atoms with Gasteiger partial charge in [0.15, 0.2) is 5.17 Å². The maximum absolute atomic E-state index is 10.3. The first-order valence-corrected chi connectivity index (χ1v) is 4.62. The van der Waals surface area contributed by atoms with Crippen LogP contribution in [-0.4, -0.2) is 21.4 Å². The van der Waals surface area contributed by atoms with Crippen LogP contribution in [0.5, 0.6) is 0 Å². The van der Waals surface area contributed by atoms with Crippen molar-refractivity contribution in [3.05, 3.63) is 35.9 Å². The van der Waals surface area contributed by atoms with Gasteiger partial charge in [0.25, 0.3) is 0 Å². The summed E-state index contributed by atoms with van der Waals surface area (Å²) in [7, 11) is 0. The highest BCUT2D eigenvalue weighted by atomic mass is 35.5. The molecule has 0 radical (unpaired) electrons. The molecule has 1 aromatic rings. The van der Waals surface area contributed by atoms with Crippen LogP contribution in [0.3, 0.4) is 0 Å². The Morgan fingerprint density at radius 2 is 1.73 bits per heavy atom. The van der Waals surface area contributed by atoms with Gasteiger partial charge in [-0.05, 0) is 0 Å². The van der Waals surface area contributed by atoms with E-state index in [0.29, 0.717) is 5.56 Å². The molecule has 0 atom stereocenters. The smallest absolute Gasteiger partial charge is 0.368 e. The van der Waals surface area contributed by atoms with Crippen molar-refractivity contribution in [2.45, 2.75) is 0 Å². The van der Waals surface area contributed by atoms with Gasteiger partial charge < -0.3 is 5.11 Å². The molecule has 0 saturated carbocycles. The summed E-state index contributed by atoms with van der Waals surface area (Å²) in [6, 6.07) is 8.80. The Morgan fingerprint density at radius 1 is 1.13 bits per heavy atom. The summed E-state index contributed by atoms with van der Waals surface area (Å²) in [6.45, 7) is 0. The third kappa shape index (κ3) is 3.69. The lowest BCUT2D eigenvalue weighted by Crippen LogP contribution is -2.04. The van der Waals surface area contributed by atoms with Crippen LogP contribution in [0.1, 0.15) is 5.56 Å². The number of hydrogen-bond donors (Lipinski definition) is 1. The zero-order valence-electron chi connectivity index (χ0n) is 7.39. The van der Waals surface area contributed by atoms with E-state index in [4.69, 9.17) is 28.3 Å². The Balaban J connectivity index is 2.86. The second-order valence-corrected chi connectivity index (χ2v) is 3.17. The van der Waals surface area contributed by atoms with Gasteiger partial charge in [-0.2, -0.15) is 0 Å². The Morgan fingerprint density at radius 3 is 2.27 bits per heavy atom. The zero-order valence-corrected chi connectivity index (χ0v) is 8.90. The van der Waals surface area contributed by atoms with Crippen molar-refractivity contribution < 1.29 is 9.90 Å². The maximum Gasteiger partial charge on any atom is 0.368 e. The molecule has 0 amide bonds. The summed E-state index contributed by atoms with van der Waals surface area (Å²) >= 11 is 11.0. The molecular weight excluding hydrogens is 239 g/mol. The Bertz CT molecular complexity index is 415. The van der Waals surface area contributed by atoms with Crippen molar-refractivity contribution in [3.63, 3.8) is 0 Å². The number of carboxylic acid groups (broad SMARTS) is 1. The minimum Gasteiger partial charge on any atom is -0.476 e. The van der Waals surface area contributed by atoms with E-state index in [1.54, 1.807) is 24.3 Å². The first kappa shape index (κ1) is 11.7. The second kappa shape index (κ2) is 5.48. The number of halogens is 2. The Labute approximate surface area is 95.8 Å². The van der Waals surface area contributed by atoms with Crippen LogP contribution >= 0.6 is 23.2 Å². The van der Waals surface area contributed by atoms with Gasteiger partial charge in [-0.25, -0.2) is 4.79 Å². The van der Waals surface area contributed by atoms with Gasteiger partial charge in [-0.15, -0.1) is 10.2 Å². The highest BCUT2D eigenvalue weighted by Gasteiger charge is 2.04. The minimum absolute atomic E-state index is 0.0787. The first-order valence-electron chi connectivity index (χ1n) is 3.86. The van der Waals surface area contributed by atoms with E-state index < -0.39 is 11.1 Å². The SMILES string of the molecule is O=C(O)/C(Cl)=N\N=C(/Cl)c1ccccc1. The molecule has 0 fully saturated rings. The number of carboxylic acids is 1. The largest absolute Gasteiger partial charge is 0.476 e. The third-order valence-electron chi connectivity index (χ3n) is 1.41. The van der Waals surface area contributed by atoms with Gasteiger partial charge in [-0.1, -0.05) is 53.5 Å². The monoisotopic (exact) mass is 244 g/mol. The molecule has 4 nitrogen and oxygen atoms in total. The van der Waals surface area contributed by atoms with Crippen molar-refractivity contribution in [2.24, 2.45) is 10.2 Å². The quantitative estimate of drug-likeness (QED) is 0.656. The molecular formula is C9H6Cl2N2O2. The fraction of sp³-hybridized carbons (Fsp3) is 0. The molecule has 0 aliphatic heterocycles. The van der Waals surface area contributed by atoms with Crippen molar-refractivity contribution in [1.29, 1.82) is 0 Å². The van der Waals surface area contributed by atoms with Gasteiger partial charge in [0.1, 0.15) is 0 Å². The molecule has 15 heavy (non-hydrogen) atoms. The van der Waals surface area contributed by atoms with Gasteiger partial charge in [0.2, 0.25) is 5.17 Å². The maximum atomic E-state index is 10.3. The number of rotatable bonds is 3. The molecule has 78 valence electrons. The van der Waals surface area contributed by atoms with Gasteiger partial charge in [0, 0.05) is 5.56 Å². The number of carbonyl (C=O) groups is 1. The summed E-state index contributed by atoms with van der Waals surface area (Å²) in [4.78, 5) is 10.3. The molecule has 0 aliphatic carbocycles. The summed E-state index contributed by atoms with van der Waals surface area (Å²) < 4.78 is 0. The highest BCUT2D eigenvalue weighted by molar-refractivity contribution is 6.81. The van der Waals surface area contributed by atoms with Crippen LogP contribution in [-0.2, 0) is 4.79 Å². The predicted octanol–water partition coefficient (Wildman–Crippen LogP) is 2.31. The average molecular weight is 245 g/mol. The molecule has 0 spiro atoms.